The summed E-state index contributed by atoms with van der Waals surface area (Å²) in [6, 6.07) is 5.06. The molecule has 1 unspecified atom stereocenters. The summed E-state index contributed by atoms with van der Waals surface area (Å²) < 4.78 is 0. The lowest BCUT2D eigenvalue weighted by Gasteiger charge is -2.30. The predicted molar refractivity (Wildman–Crippen MR) is 77.6 cm³/mol. The molecule has 0 saturated heterocycles. The smallest absolute Gasteiger partial charge is 0.0331 e. The number of nitrogens with zero attached hydrogens (tertiary/aromatic N) is 1. The van der Waals surface area contributed by atoms with Crippen molar-refractivity contribution in [1.29, 1.82) is 0 Å². The molecule has 0 radical (unpaired) electrons. The van der Waals surface area contributed by atoms with E-state index < -0.39 is 0 Å². The van der Waals surface area contributed by atoms with E-state index in [1.54, 1.807) is 0 Å². The zero-order valence-corrected chi connectivity index (χ0v) is 12.2. The van der Waals surface area contributed by atoms with Crippen molar-refractivity contribution in [2.24, 2.45) is 0 Å². The average Bonchev–Trinajstić information content (AvgIpc) is 2.84. The van der Waals surface area contributed by atoms with Crippen LogP contribution in [0.1, 0.15) is 38.5 Å². The molecule has 0 spiro atoms. The second-order valence-corrected chi connectivity index (χ2v) is 5.42. The van der Waals surface area contributed by atoms with Crippen LogP contribution in [-0.4, -0.2) is 30.6 Å². The molecule has 1 heterocycles. The van der Waals surface area contributed by atoms with E-state index in [9.17, 15) is 0 Å². The van der Waals surface area contributed by atoms with Crippen LogP contribution in [-0.2, 0) is 6.54 Å². The van der Waals surface area contributed by atoms with E-state index in [1.165, 1.54) is 17.7 Å². The summed E-state index contributed by atoms with van der Waals surface area (Å²) in [4.78, 5) is 4.07. The first kappa shape index (κ1) is 14.7. The third-order valence-corrected chi connectivity index (χ3v) is 3.97. The van der Waals surface area contributed by atoms with Gasteiger partial charge in [-0.25, -0.2) is 0 Å². The van der Waals surface area contributed by atoms with Gasteiger partial charge in [-0.2, -0.15) is 0 Å². The van der Waals surface area contributed by atoms with Gasteiger partial charge < -0.3 is 5.32 Å². The Bertz CT molecular complexity index is 272. The summed E-state index contributed by atoms with van der Waals surface area (Å²) in [5.41, 5.74) is 0. The SMILES string of the molecule is CCCC(CNCC)N(CC)Cc1cccs1. The molecular weight excluding hydrogens is 228 g/mol. The van der Waals surface area contributed by atoms with E-state index in [0.717, 1.165) is 26.2 Å². The molecule has 0 fully saturated rings. The monoisotopic (exact) mass is 254 g/mol. The Balaban J connectivity index is 2.53. The molecule has 2 nitrogen and oxygen atoms in total. The standard InChI is InChI=1S/C14H26N2S/c1-4-8-13(11-15-5-2)16(6-3)12-14-9-7-10-17-14/h7,9-10,13,15H,4-6,8,11-12H2,1-3H3. The molecule has 1 aromatic rings. The molecule has 98 valence electrons. The summed E-state index contributed by atoms with van der Waals surface area (Å²) >= 11 is 1.86. The number of nitrogens with one attached hydrogen (secondary N) is 1. The van der Waals surface area contributed by atoms with Crippen LogP contribution in [0.25, 0.3) is 0 Å². The van der Waals surface area contributed by atoms with Gasteiger partial charge in [0.05, 0.1) is 0 Å². The van der Waals surface area contributed by atoms with Crippen molar-refractivity contribution in [1.82, 2.24) is 10.2 Å². The van der Waals surface area contributed by atoms with Crippen molar-refractivity contribution in [3.05, 3.63) is 22.4 Å². The van der Waals surface area contributed by atoms with Crippen molar-refractivity contribution < 1.29 is 0 Å². The Kier molecular flexibility index (Phi) is 7.49. The Hall–Kier alpha value is -0.380. The maximum atomic E-state index is 3.49. The molecular formula is C14H26N2S. The second-order valence-electron chi connectivity index (χ2n) is 4.39. The molecule has 1 rings (SSSR count). The highest BCUT2D eigenvalue weighted by molar-refractivity contribution is 7.09. The fourth-order valence-corrected chi connectivity index (χ4v) is 2.89. The fourth-order valence-electron chi connectivity index (χ4n) is 2.16. The zero-order valence-electron chi connectivity index (χ0n) is 11.4. The third kappa shape index (κ3) is 5.19. The van der Waals surface area contributed by atoms with Crippen LogP contribution in [0.15, 0.2) is 17.5 Å². The lowest BCUT2D eigenvalue weighted by molar-refractivity contribution is 0.184. The number of thiophene rings is 1. The fraction of sp³-hybridized carbons (Fsp3) is 0.714. The van der Waals surface area contributed by atoms with E-state index in [2.05, 4.69) is 48.5 Å². The maximum Gasteiger partial charge on any atom is 0.0331 e. The van der Waals surface area contributed by atoms with E-state index in [0.29, 0.717) is 6.04 Å². The van der Waals surface area contributed by atoms with Gasteiger partial charge in [0.15, 0.2) is 0 Å². The van der Waals surface area contributed by atoms with Gasteiger partial charge in [0.2, 0.25) is 0 Å². The van der Waals surface area contributed by atoms with Crippen LogP contribution in [0.2, 0.25) is 0 Å². The van der Waals surface area contributed by atoms with Crippen LogP contribution in [0.3, 0.4) is 0 Å². The summed E-state index contributed by atoms with van der Waals surface area (Å²) in [5.74, 6) is 0. The Morgan fingerprint density at radius 3 is 2.71 bits per heavy atom. The summed E-state index contributed by atoms with van der Waals surface area (Å²) in [6.07, 6.45) is 2.54. The van der Waals surface area contributed by atoms with Crippen molar-refractivity contribution in [2.75, 3.05) is 19.6 Å². The lowest BCUT2D eigenvalue weighted by atomic mass is 10.1. The van der Waals surface area contributed by atoms with Crippen LogP contribution < -0.4 is 5.32 Å². The highest BCUT2D eigenvalue weighted by Crippen LogP contribution is 2.15. The van der Waals surface area contributed by atoms with Crippen LogP contribution in [0.4, 0.5) is 0 Å². The average molecular weight is 254 g/mol. The lowest BCUT2D eigenvalue weighted by Crippen LogP contribution is -2.41. The van der Waals surface area contributed by atoms with E-state index in [-0.39, 0.29) is 0 Å². The molecule has 0 aliphatic rings. The first-order chi connectivity index (χ1) is 8.31. The highest BCUT2D eigenvalue weighted by atomic mass is 32.1. The van der Waals surface area contributed by atoms with Gasteiger partial charge >= 0.3 is 0 Å². The minimum absolute atomic E-state index is 0.673. The third-order valence-electron chi connectivity index (χ3n) is 3.11. The quantitative estimate of drug-likeness (QED) is 0.727. The van der Waals surface area contributed by atoms with Gasteiger partial charge in [-0.1, -0.05) is 33.3 Å². The highest BCUT2D eigenvalue weighted by Gasteiger charge is 2.16. The molecule has 0 bridgehead atoms. The van der Waals surface area contributed by atoms with Crippen LogP contribution in [0, 0.1) is 0 Å². The Labute approximate surface area is 110 Å². The van der Waals surface area contributed by atoms with E-state index in [4.69, 9.17) is 0 Å². The molecule has 0 aliphatic heterocycles. The van der Waals surface area contributed by atoms with Crippen molar-refractivity contribution in [2.45, 2.75) is 46.2 Å². The second kappa shape index (κ2) is 8.67. The topological polar surface area (TPSA) is 15.3 Å². The molecule has 17 heavy (non-hydrogen) atoms. The van der Waals surface area contributed by atoms with E-state index in [1.807, 2.05) is 11.3 Å². The van der Waals surface area contributed by atoms with Gasteiger partial charge in [-0.15, -0.1) is 11.3 Å². The number of likely N-dealkylation sites (N-methyl/N-ethyl adjacent to an activating group) is 2. The van der Waals surface area contributed by atoms with Gasteiger partial charge in [0.25, 0.3) is 0 Å². The van der Waals surface area contributed by atoms with Crippen molar-refractivity contribution in [3.63, 3.8) is 0 Å². The van der Waals surface area contributed by atoms with E-state index >= 15 is 0 Å². The van der Waals surface area contributed by atoms with Gasteiger partial charge in [0.1, 0.15) is 0 Å². The largest absolute Gasteiger partial charge is 0.315 e. The summed E-state index contributed by atoms with van der Waals surface area (Å²) in [7, 11) is 0. The maximum absolute atomic E-state index is 3.49. The Morgan fingerprint density at radius 1 is 1.35 bits per heavy atom. The first-order valence-corrected chi connectivity index (χ1v) is 7.66. The molecule has 0 aromatic carbocycles. The number of rotatable bonds is 9. The molecule has 1 aromatic heterocycles. The van der Waals surface area contributed by atoms with Crippen LogP contribution in [0.5, 0.6) is 0 Å². The summed E-state index contributed by atoms with van der Waals surface area (Å²) in [5, 5.41) is 5.66. The minimum atomic E-state index is 0.673. The minimum Gasteiger partial charge on any atom is -0.315 e. The van der Waals surface area contributed by atoms with Crippen LogP contribution >= 0.6 is 11.3 Å². The first-order valence-electron chi connectivity index (χ1n) is 6.78. The number of hydrogen-bond donors (Lipinski definition) is 1. The predicted octanol–water partition coefficient (Wildman–Crippen LogP) is 3.35. The molecule has 0 saturated carbocycles. The molecule has 3 heteroatoms. The molecule has 1 N–H and O–H groups in total. The van der Waals surface area contributed by atoms with Gasteiger partial charge in [0, 0.05) is 24.0 Å². The van der Waals surface area contributed by atoms with Crippen molar-refractivity contribution >= 4 is 11.3 Å². The normalized spacial score (nSPS) is 13.2. The Morgan fingerprint density at radius 2 is 2.18 bits per heavy atom. The number of hydrogen-bond acceptors (Lipinski definition) is 3. The zero-order chi connectivity index (χ0) is 12.5. The molecule has 0 aliphatic carbocycles. The molecule has 0 amide bonds. The van der Waals surface area contributed by atoms with Gasteiger partial charge in [-0.05, 0) is 31.0 Å². The summed E-state index contributed by atoms with van der Waals surface area (Å²) in [6.45, 7) is 11.1. The van der Waals surface area contributed by atoms with Crippen molar-refractivity contribution in [3.8, 4) is 0 Å². The van der Waals surface area contributed by atoms with Gasteiger partial charge in [-0.3, -0.25) is 4.90 Å². The molecule has 1 atom stereocenters.